The molecule has 1 heterocycles. The Bertz CT molecular complexity index is 594. The first kappa shape index (κ1) is 11.8. The fraction of sp³-hybridized carbons (Fsp3) is 0.0909. The van der Waals surface area contributed by atoms with Crippen LogP contribution in [0.1, 0.15) is 15.9 Å². The van der Waals surface area contributed by atoms with E-state index >= 15 is 0 Å². The number of hydrogen-bond donors (Lipinski definition) is 1. The van der Waals surface area contributed by atoms with Crippen molar-refractivity contribution in [1.82, 2.24) is 9.78 Å². The van der Waals surface area contributed by atoms with Crippen LogP contribution >= 0.6 is 15.9 Å². The first-order chi connectivity index (χ1) is 8.00. The molecule has 0 aliphatic heterocycles. The molecule has 0 amide bonds. The van der Waals surface area contributed by atoms with Crippen LogP contribution in [0.5, 0.6) is 0 Å². The van der Waals surface area contributed by atoms with Crippen molar-refractivity contribution in [2.24, 2.45) is 7.05 Å². The number of nitrogens with two attached hydrogens (primary N) is 1. The Balaban J connectivity index is 2.51. The number of rotatable bonds is 2. The number of anilines is 1. The molecule has 1 aromatic heterocycles. The van der Waals surface area contributed by atoms with E-state index < -0.39 is 11.6 Å². The molecule has 0 atom stereocenters. The lowest BCUT2D eigenvalue weighted by Crippen LogP contribution is -2.07. The van der Waals surface area contributed by atoms with Gasteiger partial charge in [0.25, 0.3) is 0 Å². The molecule has 1 aromatic carbocycles. The number of carbonyl (C=O) groups excluding carboxylic acids is 1. The van der Waals surface area contributed by atoms with Gasteiger partial charge < -0.3 is 5.73 Å². The summed E-state index contributed by atoms with van der Waals surface area (Å²) >= 11 is 3.19. The van der Waals surface area contributed by atoms with Crippen molar-refractivity contribution in [1.29, 1.82) is 0 Å². The highest BCUT2D eigenvalue weighted by molar-refractivity contribution is 9.10. The van der Waals surface area contributed by atoms with Crippen LogP contribution in [0.4, 0.5) is 10.2 Å². The van der Waals surface area contributed by atoms with Crippen molar-refractivity contribution in [3.8, 4) is 0 Å². The molecule has 4 nitrogen and oxygen atoms in total. The van der Waals surface area contributed by atoms with Gasteiger partial charge in [-0.25, -0.2) is 4.39 Å². The summed E-state index contributed by atoms with van der Waals surface area (Å²) in [6.45, 7) is 0. The van der Waals surface area contributed by atoms with Crippen LogP contribution in [-0.4, -0.2) is 15.6 Å². The van der Waals surface area contributed by atoms with E-state index in [-0.39, 0.29) is 16.9 Å². The minimum Gasteiger partial charge on any atom is -0.383 e. The Labute approximate surface area is 105 Å². The average Bonchev–Trinajstić information content (AvgIpc) is 2.62. The highest BCUT2D eigenvalue weighted by Crippen LogP contribution is 2.21. The molecule has 0 aliphatic carbocycles. The lowest BCUT2D eigenvalue weighted by Gasteiger charge is -2.02. The molecule has 2 aromatic rings. The van der Waals surface area contributed by atoms with Gasteiger partial charge in [-0.15, -0.1) is 0 Å². The predicted octanol–water partition coefficient (Wildman–Crippen LogP) is 2.13. The zero-order valence-electron chi connectivity index (χ0n) is 8.95. The molecule has 88 valence electrons. The van der Waals surface area contributed by atoms with E-state index in [1.807, 2.05) is 0 Å². The van der Waals surface area contributed by atoms with E-state index in [4.69, 9.17) is 5.73 Å². The van der Waals surface area contributed by atoms with Gasteiger partial charge in [0, 0.05) is 11.5 Å². The smallest absolute Gasteiger partial charge is 0.201 e. The SMILES string of the molecule is Cn1ncc(C(=O)c2cc(Br)ccc2F)c1N. The minimum atomic E-state index is -0.582. The van der Waals surface area contributed by atoms with Crippen LogP contribution in [0.25, 0.3) is 0 Å². The molecule has 6 heteroatoms. The van der Waals surface area contributed by atoms with Gasteiger partial charge >= 0.3 is 0 Å². The quantitative estimate of drug-likeness (QED) is 0.864. The third-order valence-electron chi connectivity index (χ3n) is 2.40. The largest absolute Gasteiger partial charge is 0.383 e. The topological polar surface area (TPSA) is 60.9 Å². The Kier molecular flexibility index (Phi) is 2.97. The number of halogens is 2. The molecular formula is C11H9BrFN3O. The van der Waals surface area contributed by atoms with Crippen LogP contribution in [0.15, 0.2) is 28.9 Å². The van der Waals surface area contributed by atoms with Gasteiger partial charge in [0.2, 0.25) is 5.78 Å². The third kappa shape index (κ3) is 2.08. The van der Waals surface area contributed by atoms with Gasteiger partial charge in [-0.2, -0.15) is 5.10 Å². The maximum Gasteiger partial charge on any atom is 0.201 e. The van der Waals surface area contributed by atoms with Gasteiger partial charge in [0.15, 0.2) is 0 Å². The van der Waals surface area contributed by atoms with Crippen molar-refractivity contribution in [3.05, 3.63) is 45.8 Å². The lowest BCUT2D eigenvalue weighted by atomic mass is 10.1. The van der Waals surface area contributed by atoms with Gasteiger partial charge in [0.1, 0.15) is 11.6 Å². The summed E-state index contributed by atoms with van der Waals surface area (Å²) in [6, 6.07) is 4.17. The second kappa shape index (κ2) is 4.29. The number of aromatic nitrogens is 2. The fourth-order valence-corrected chi connectivity index (χ4v) is 1.80. The molecular weight excluding hydrogens is 289 g/mol. The summed E-state index contributed by atoms with van der Waals surface area (Å²) in [6.07, 6.45) is 1.33. The van der Waals surface area contributed by atoms with E-state index in [1.54, 1.807) is 7.05 Å². The van der Waals surface area contributed by atoms with Gasteiger partial charge in [-0.3, -0.25) is 9.48 Å². The van der Waals surface area contributed by atoms with E-state index in [0.717, 1.165) is 0 Å². The summed E-state index contributed by atoms with van der Waals surface area (Å²) in [7, 11) is 1.61. The van der Waals surface area contributed by atoms with Crippen molar-refractivity contribution in [2.75, 3.05) is 5.73 Å². The predicted molar refractivity (Wildman–Crippen MR) is 65.2 cm³/mol. The van der Waals surface area contributed by atoms with Gasteiger partial charge in [0.05, 0.1) is 17.3 Å². The Hall–Kier alpha value is -1.69. The Morgan fingerprint density at radius 1 is 1.47 bits per heavy atom. The lowest BCUT2D eigenvalue weighted by molar-refractivity contribution is 0.103. The molecule has 0 saturated carbocycles. The molecule has 2 N–H and O–H groups in total. The molecule has 0 fully saturated rings. The van der Waals surface area contributed by atoms with E-state index in [2.05, 4.69) is 21.0 Å². The first-order valence-electron chi connectivity index (χ1n) is 4.78. The number of hydrogen-bond acceptors (Lipinski definition) is 3. The van der Waals surface area contributed by atoms with E-state index in [0.29, 0.717) is 4.47 Å². The van der Waals surface area contributed by atoms with Crippen LogP contribution in [0.3, 0.4) is 0 Å². The molecule has 2 rings (SSSR count). The summed E-state index contributed by atoms with van der Waals surface area (Å²) in [5.74, 6) is -0.842. The number of ketones is 1. The molecule has 0 aliphatic rings. The monoisotopic (exact) mass is 297 g/mol. The Morgan fingerprint density at radius 3 is 2.76 bits per heavy atom. The summed E-state index contributed by atoms with van der Waals surface area (Å²) in [4.78, 5) is 12.1. The Morgan fingerprint density at radius 2 is 2.18 bits per heavy atom. The average molecular weight is 298 g/mol. The molecule has 0 unspecified atom stereocenters. The second-order valence-corrected chi connectivity index (χ2v) is 4.44. The van der Waals surface area contributed by atoms with Crippen LogP contribution in [0, 0.1) is 5.82 Å². The molecule has 0 bridgehead atoms. The number of nitrogen functional groups attached to an aromatic ring is 1. The molecule has 17 heavy (non-hydrogen) atoms. The number of carbonyl (C=O) groups is 1. The standard InChI is InChI=1S/C11H9BrFN3O/c1-16-11(14)8(5-15-16)10(17)7-4-6(12)2-3-9(7)13/h2-5H,14H2,1H3. The van der Waals surface area contributed by atoms with Gasteiger partial charge in [-0.1, -0.05) is 15.9 Å². The van der Waals surface area contributed by atoms with Crippen molar-refractivity contribution in [2.45, 2.75) is 0 Å². The highest BCUT2D eigenvalue weighted by atomic mass is 79.9. The highest BCUT2D eigenvalue weighted by Gasteiger charge is 2.19. The maximum absolute atomic E-state index is 13.5. The first-order valence-corrected chi connectivity index (χ1v) is 5.57. The van der Waals surface area contributed by atoms with Crippen LogP contribution in [0.2, 0.25) is 0 Å². The minimum absolute atomic E-state index is 0.0286. The van der Waals surface area contributed by atoms with Gasteiger partial charge in [-0.05, 0) is 18.2 Å². The second-order valence-electron chi connectivity index (χ2n) is 3.52. The van der Waals surface area contributed by atoms with Crippen LogP contribution < -0.4 is 5.73 Å². The summed E-state index contributed by atoms with van der Waals surface area (Å²) in [5, 5.41) is 3.85. The van der Waals surface area contributed by atoms with Crippen molar-refractivity contribution < 1.29 is 9.18 Å². The van der Waals surface area contributed by atoms with Crippen molar-refractivity contribution >= 4 is 27.5 Å². The van der Waals surface area contributed by atoms with E-state index in [9.17, 15) is 9.18 Å². The summed E-state index contributed by atoms with van der Waals surface area (Å²) in [5.41, 5.74) is 5.84. The fourth-order valence-electron chi connectivity index (χ4n) is 1.44. The zero-order chi connectivity index (χ0) is 12.6. The number of nitrogens with zero attached hydrogens (tertiary/aromatic N) is 2. The maximum atomic E-state index is 13.5. The summed E-state index contributed by atoms with van der Waals surface area (Å²) < 4.78 is 15.5. The number of benzene rings is 1. The number of aryl methyl sites for hydroxylation is 1. The molecule has 0 saturated heterocycles. The van der Waals surface area contributed by atoms with Crippen molar-refractivity contribution in [3.63, 3.8) is 0 Å². The third-order valence-corrected chi connectivity index (χ3v) is 2.90. The zero-order valence-corrected chi connectivity index (χ0v) is 10.5. The normalized spacial score (nSPS) is 10.5. The van der Waals surface area contributed by atoms with E-state index in [1.165, 1.54) is 29.1 Å². The molecule has 0 spiro atoms. The molecule has 0 radical (unpaired) electrons. The van der Waals surface area contributed by atoms with Crippen LogP contribution in [-0.2, 0) is 7.05 Å².